The lowest BCUT2D eigenvalue weighted by atomic mass is 9.72. The van der Waals surface area contributed by atoms with Crippen LogP contribution in [0.4, 0.5) is 0 Å². The molecule has 0 radical (unpaired) electrons. The Morgan fingerprint density at radius 1 is 0.909 bits per heavy atom. The van der Waals surface area contributed by atoms with E-state index >= 15 is 0 Å². The van der Waals surface area contributed by atoms with Crippen molar-refractivity contribution in [2.24, 2.45) is 15.9 Å². The quantitative estimate of drug-likeness (QED) is 0.784. The molecule has 0 aliphatic heterocycles. The summed E-state index contributed by atoms with van der Waals surface area (Å²) < 4.78 is 0. The molecule has 0 heterocycles. The zero-order valence-electron chi connectivity index (χ0n) is 12.5. The Labute approximate surface area is 130 Å². The molecule has 1 N–H and O–H groups in total. The maximum Gasteiger partial charge on any atom is 0.183 e. The SMILES string of the molecule is N#CC1(C#N)CCCCC1=NNC1CCCCC1(C#N)C#N. The lowest BCUT2D eigenvalue weighted by Crippen LogP contribution is -2.45. The highest BCUT2D eigenvalue weighted by Gasteiger charge is 2.43. The van der Waals surface area contributed by atoms with Gasteiger partial charge in [-0.3, -0.25) is 0 Å². The number of rotatable bonds is 2. The van der Waals surface area contributed by atoms with Gasteiger partial charge in [-0.2, -0.15) is 26.1 Å². The summed E-state index contributed by atoms with van der Waals surface area (Å²) in [5, 5.41) is 41.8. The maximum atomic E-state index is 9.38. The van der Waals surface area contributed by atoms with Crippen molar-refractivity contribution in [3.63, 3.8) is 0 Å². The molecule has 1 atom stereocenters. The Balaban J connectivity index is 2.23. The molecule has 2 aliphatic rings. The van der Waals surface area contributed by atoms with E-state index in [9.17, 15) is 21.0 Å². The Morgan fingerprint density at radius 2 is 1.59 bits per heavy atom. The van der Waals surface area contributed by atoms with Crippen LogP contribution in [0.2, 0.25) is 0 Å². The zero-order chi connectivity index (χ0) is 16.1. The van der Waals surface area contributed by atoms with E-state index in [0.29, 0.717) is 31.4 Å². The predicted octanol–water partition coefficient (Wildman–Crippen LogP) is 2.52. The van der Waals surface area contributed by atoms with Gasteiger partial charge in [0.25, 0.3) is 0 Å². The molecule has 2 fully saturated rings. The molecule has 2 aliphatic carbocycles. The Morgan fingerprint density at radius 3 is 2.23 bits per heavy atom. The fourth-order valence-electron chi connectivity index (χ4n) is 3.25. The van der Waals surface area contributed by atoms with Gasteiger partial charge in [0.15, 0.2) is 10.8 Å². The summed E-state index contributed by atoms with van der Waals surface area (Å²) in [6.45, 7) is 0. The Hall–Kier alpha value is -2.57. The van der Waals surface area contributed by atoms with Crippen molar-refractivity contribution >= 4 is 5.71 Å². The van der Waals surface area contributed by atoms with Crippen LogP contribution in [0.3, 0.4) is 0 Å². The van der Waals surface area contributed by atoms with Crippen molar-refractivity contribution in [2.45, 2.75) is 57.4 Å². The molecular weight excluding hydrogens is 276 g/mol. The third-order valence-electron chi connectivity index (χ3n) is 4.75. The number of hydrogen-bond donors (Lipinski definition) is 1. The van der Waals surface area contributed by atoms with Gasteiger partial charge < -0.3 is 5.43 Å². The molecule has 1 unspecified atom stereocenters. The van der Waals surface area contributed by atoms with Gasteiger partial charge in [0.2, 0.25) is 0 Å². The van der Waals surface area contributed by atoms with Crippen molar-refractivity contribution in [3.05, 3.63) is 0 Å². The molecule has 0 aromatic rings. The minimum atomic E-state index is -1.16. The number of nitriles is 4. The van der Waals surface area contributed by atoms with E-state index in [1.165, 1.54) is 0 Å². The molecule has 0 bridgehead atoms. The maximum absolute atomic E-state index is 9.38. The first kappa shape index (κ1) is 15.8. The van der Waals surface area contributed by atoms with Crippen LogP contribution in [0.15, 0.2) is 5.10 Å². The van der Waals surface area contributed by atoms with Crippen LogP contribution in [0.1, 0.15) is 51.4 Å². The van der Waals surface area contributed by atoms with Gasteiger partial charge in [-0.05, 0) is 32.1 Å². The van der Waals surface area contributed by atoms with Crippen LogP contribution < -0.4 is 5.43 Å². The fourth-order valence-corrected chi connectivity index (χ4v) is 3.25. The smallest absolute Gasteiger partial charge is 0.183 e. The summed E-state index contributed by atoms with van der Waals surface area (Å²) in [5.74, 6) is 0. The molecule has 2 rings (SSSR count). The van der Waals surface area contributed by atoms with Gasteiger partial charge in [0, 0.05) is 0 Å². The summed E-state index contributed by atoms with van der Waals surface area (Å²) in [5.41, 5.74) is 1.25. The molecule has 6 heteroatoms. The number of hydrazone groups is 1. The molecule has 2 saturated carbocycles. The van der Waals surface area contributed by atoms with Crippen LogP contribution in [-0.2, 0) is 0 Å². The highest BCUT2D eigenvalue weighted by Crippen LogP contribution is 2.36. The molecule has 0 saturated heterocycles. The normalized spacial score (nSPS) is 27.6. The van der Waals surface area contributed by atoms with E-state index in [2.05, 4.69) is 34.8 Å². The first-order chi connectivity index (χ1) is 10.7. The van der Waals surface area contributed by atoms with Gasteiger partial charge in [-0.15, -0.1) is 0 Å². The predicted molar refractivity (Wildman–Crippen MR) is 78.6 cm³/mol. The second-order valence-corrected chi connectivity index (χ2v) is 6.02. The van der Waals surface area contributed by atoms with Gasteiger partial charge >= 0.3 is 0 Å². The van der Waals surface area contributed by atoms with Crippen molar-refractivity contribution in [3.8, 4) is 24.3 Å². The number of hydrogen-bond acceptors (Lipinski definition) is 6. The molecule has 0 spiro atoms. The van der Waals surface area contributed by atoms with Crippen LogP contribution in [0.5, 0.6) is 0 Å². The van der Waals surface area contributed by atoms with Gasteiger partial charge in [-0.25, -0.2) is 0 Å². The van der Waals surface area contributed by atoms with Gasteiger partial charge in [0.1, 0.15) is 0 Å². The molecule has 6 nitrogen and oxygen atoms in total. The van der Waals surface area contributed by atoms with Crippen molar-refractivity contribution in [1.29, 1.82) is 21.0 Å². The van der Waals surface area contributed by atoms with Crippen molar-refractivity contribution in [1.82, 2.24) is 5.43 Å². The van der Waals surface area contributed by atoms with E-state index in [1.807, 2.05) is 0 Å². The van der Waals surface area contributed by atoms with Crippen LogP contribution in [0, 0.1) is 56.2 Å². The second-order valence-electron chi connectivity index (χ2n) is 6.02. The highest BCUT2D eigenvalue weighted by atomic mass is 15.3. The van der Waals surface area contributed by atoms with Crippen molar-refractivity contribution in [2.75, 3.05) is 0 Å². The monoisotopic (exact) mass is 294 g/mol. The summed E-state index contributed by atoms with van der Waals surface area (Å²) in [7, 11) is 0. The van der Waals surface area contributed by atoms with E-state index in [1.54, 1.807) is 0 Å². The average Bonchev–Trinajstić information content (AvgIpc) is 2.60. The number of nitrogens with one attached hydrogen (secondary N) is 1. The molecule has 0 aromatic heterocycles. The molecule has 112 valence electrons. The van der Waals surface area contributed by atoms with Crippen LogP contribution in [-0.4, -0.2) is 11.8 Å². The lowest BCUT2D eigenvalue weighted by Gasteiger charge is -2.34. The molecule has 0 amide bonds. The third kappa shape index (κ3) is 2.61. The Bertz CT molecular complexity index is 593. The average molecular weight is 294 g/mol. The summed E-state index contributed by atoms with van der Waals surface area (Å²) in [6, 6.07) is 8.10. The van der Waals surface area contributed by atoms with E-state index in [4.69, 9.17) is 0 Å². The fraction of sp³-hybridized carbons (Fsp3) is 0.688. The highest BCUT2D eigenvalue weighted by molar-refractivity contribution is 5.95. The standard InChI is InChI=1S/C16H18N6/c17-9-15(10-18)7-3-1-5-13(15)21-22-14-6-2-4-8-16(14,11-19)12-20/h13,21H,1-8H2. The molecule has 22 heavy (non-hydrogen) atoms. The first-order valence-electron chi connectivity index (χ1n) is 7.64. The van der Waals surface area contributed by atoms with E-state index < -0.39 is 10.8 Å². The largest absolute Gasteiger partial charge is 0.304 e. The summed E-state index contributed by atoms with van der Waals surface area (Å²) in [6.07, 6.45) is 5.86. The van der Waals surface area contributed by atoms with Gasteiger partial charge in [0.05, 0.1) is 36.0 Å². The number of nitrogens with zero attached hydrogens (tertiary/aromatic N) is 5. The van der Waals surface area contributed by atoms with Crippen molar-refractivity contribution < 1.29 is 0 Å². The molecular formula is C16H18N6. The first-order valence-corrected chi connectivity index (χ1v) is 7.64. The van der Waals surface area contributed by atoms with E-state index in [-0.39, 0.29) is 6.04 Å². The van der Waals surface area contributed by atoms with Gasteiger partial charge in [-0.1, -0.05) is 19.3 Å². The van der Waals surface area contributed by atoms with Crippen LogP contribution in [0.25, 0.3) is 0 Å². The van der Waals surface area contributed by atoms with Crippen LogP contribution >= 0.6 is 0 Å². The molecule has 0 aromatic carbocycles. The Kier molecular flexibility index (Phi) is 4.65. The lowest BCUT2D eigenvalue weighted by molar-refractivity contribution is 0.250. The topological polar surface area (TPSA) is 120 Å². The minimum absolute atomic E-state index is 0.347. The van der Waals surface area contributed by atoms with E-state index in [0.717, 1.165) is 25.7 Å². The minimum Gasteiger partial charge on any atom is -0.304 e. The third-order valence-corrected chi connectivity index (χ3v) is 4.75. The summed E-state index contributed by atoms with van der Waals surface area (Å²) >= 11 is 0. The zero-order valence-corrected chi connectivity index (χ0v) is 12.5. The second kappa shape index (κ2) is 6.46. The summed E-state index contributed by atoms with van der Waals surface area (Å²) in [4.78, 5) is 0.